The van der Waals surface area contributed by atoms with Crippen LogP contribution in [0.5, 0.6) is 11.5 Å². The summed E-state index contributed by atoms with van der Waals surface area (Å²) in [6.07, 6.45) is 2.39. The molecule has 2 rings (SSSR count). The first-order valence-corrected chi connectivity index (χ1v) is 9.80. The van der Waals surface area contributed by atoms with E-state index < -0.39 is 9.84 Å². The number of hydrogen-bond acceptors (Lipinski definition) is 5. The van der Waals surface area contributed by atoms with Gasteiger partial charge in [0.05, 0.1) is 4.90 Å². The number of nitrogens with one attached hydrogen (secondary N) is 2. The molecule has 1 amide bonds. The molecule has 0 unspecified atom stereocenters. The summed E-state index contributed by atoms with van der Waals surface area (Å²) in [5.41, 5.74) is 0.687. The minimum absolute atomic E-state index is 0.0372. The number of amides is 1. The van der Waals surface area contributed by atoms with Gasteiger partial charge in [-0.05, 0) is 62.5 Å². The highest BCUT2D eigenvalue weighted by Crippen LogP contribution is 2.25. The van der Waals surface area contributed by atoms with Crippen LogP contribution in [0.4, 0.5) is 5.69 Å². The Kier molecular flexibility index (Phi) is 6.55. The monoisotopic (exact) mass is 362 g/mol. The molecule has 0 heterocycles. The van der Waals surface area contributed by atoms with Crippen LogP contribution in [-0.2, 0) is 14.6 Å². The SMILES string of the molecule is CNCCCC(=O)Nc1ccc(Oc2cccc(S(C)(=O)=O)c2)cc1. The molecule has 0 aliphatic rings. The van der Waals surface area contributed by atoms with Gasteiger partial charge in [-0.3, -0.25) is 4.79 Å². The molecule has 6 nitrogen and oxygen atoms in total. The van der Waals surface area contributed by atoms with Gasteiger partial charge in [-0.1, -0.05) is 6.07 Å². The minimum atomic E-state index is -3.28. The van der Waals surface area contributed by atoms with Crippen LogP contribution in [0.2, 0.25) is 0 Å². The van der Waals surface area contributed by atoms with Crippen LogP contribution in [0.15, 0.2) is 53.4 Å². The third-order valence-electron chi connectivity index (χ3n) is 3.44. The van der Waals surface area contributed by atoms with Crippen LogP contribution in [0.3, 0.4) is 0 Å². The normalized spacial score (nSPS) is 11.1. The number of rotatable bonds is 8. The Bertz CT molecular complexity index is 817. The Balaban J connectivity index is 1.98. The van der Waals surface area contributed by atoms with Gasteiger partial charge in [0.1, 0.15) is 11.5 Å². The molecule has 134 valence electrons. The Morgan fingerprint density at radius 2 is 1.80 bits per heavy atom. The summed E-state index contributed by atoms with van der Waals surface area (Å²) >= 11 is 0. The van der Waals surface area contributed by atoms with E-state index in [1.165, 1.54) is 12.1 Å². The summed E-state index contributed by atoms with van der Waals surface area (Å²) in [7, 11) is -1.43. The number of sulfone groups is 1. The van der Waals surface area contributed by atoms with Crippen LogP contribution in [0.1, 0.15) is 12.8 Å². The maximum Gasteiger partial charge on any atom is 0.224 e. The first-order valence-electron chi connectivity index (χ1n) is 7.91. The second kappa shape index (κ2) is 8.64. The van der Waals surface area contributed by atoms with Gasteiger partial charge in [-0.25, -0.2) is 8.42 Å². The van der Waals surface area contributed by atoms with Crippen LogP contribution in [-0.4, -0.2) is 34.2 Å². The maximum absolute atomic E-state index is 11.8. The predicted molar refractivity (Wildman–Crippen MR) is 97.9 cm³/mol. The Morgan fingerprint density at radius 1 is 1.08 bits per heavy atom. The van der Waals surface area contributed by atoms with Gasteiger partial charge in [0, 0.05) is 18.4 Å². The highest BCUT2D eigenvalue weighted by Gasteiger charge is 2.08. The first-order chi connectivity index (χ1) is 11.9. The van der Waals surface area contributed by atoms with Gasteiger partial charge in [-0.15, -0.1) is 0 Å². The van der Waals surface area contributed by atoms with Crippen molar-refractivity contribution in [2.75, 3.05) is 25.2 Å². The summed E-state index contributed by atoms with van der Waals surface area (Å²) in [5.74, 6) is 0.954. The lowest BCUT2D eigenvalue weighted by Gasteiger charge is -2.09. The number of anilines is 1. The summed E-state index contributed by atoms with van der Waals surface area (Å²) < 4.78 is 28.8. The fourth-order valence-electron chi connectivity index (χ4n) is 2.16. The van der Waals surface area contributed by atoms with E-state index in [0.29, 0.717) is 23.6 Å². The van der Waals surface area contributed by atoms with Crippen LogP contribution in [0.25, 0.3) is 0 Å². The molecule has 2 aromatic rings. The van der Waals surface area contributed by atoms with Crippen molar-refractivity contribution in [1.82, 2.24) is 5.32 Å². The lowest BCUT2D eigenvalue weighted by atomic mass is 10.2. The van der Waals surface area contributed by atoms with Gasteiger partial charge in [-0.2, -0.15) is 0 Å². The zero-order valence-electron chi connectivity index (χ0n) is 14.3. The van der Waals surface area contributed by atoms with E-state index in [9.17, 15) is 13.2 Å². The van der Waals surface area contributed by atoms with E-state index in [1.807, 2.05) is 7.05 Å². The molecule has 0 saturated heterocycles. The quantitative estimate of drug-likeness (QED) is 0.706. The van der Waals surface area contributed by atoms with Gasteiger partial charge in [0.25, 0.3) is 0 Å². The zero-order chi connectivity index (χ0) is 18.3. The Labute approximate surface area is 148 Å². The second-order valence-electron chi connectivity index (χ2n) is 5.63. The van der Waals surface area contributed by atoms with E-state index in [1.54, 1.807) is 36.4 Å². The van der Waals surface area contributed by atoms with Gasteiger partial charge >= 0.3 is 0 Å². The molecule has 2 N–H and O–H groups in total. The van der Waals surface area contributed by atoms with Crippen molar-refractivity contribution in [3.05, 3.63) is 48.5 Å². The minimum Gasteiger partial charge on any atom is -0.457 e. The van der Waals surface area contributed by atoms with Gasteiger partial charge in [0.2, 0.25) is 5.91 Å². The second-order valence-corrected chi connectivity index (χ2v) is 7.64. The molecule has 2 aromatic carbocycles. The topological polar surface area (TPSA) is 84.5 Å². The number of carbonyl (C=O) groups excluding carboxylic acids is 1. The van der Waals surface area contributed by atoms with Crippen molar-refractivity contribution in [1.29, 1.82) is 0 Å². The average molecular weight is 362 g/mol. The highest BCUT2D eigenvalue weighted by molar-refractivity contribution is 7.90. The van der Waals surface area contributed by atoms with Crippen molar-refractivity contribution in [3.8, 4) is 11.5 Å². The summed E-state index contributed by atoms with van der Waals surface area (Å²) in [6.45, 7) is 0.798. The largest absolute Gasteiger partial charge is 0.457 e. The van der Waals surface area contributed by atoms with Crippen molar-refractivity contribution in [2.45, 2.75) is 17.7 Å². The molecule has 25 heavy (non-hydrogen) atoms. The van der Waals surface area contributed by atoms with E-state index in [0.717, 1.165) is 19.2 Å². The molecular formula is C18H22N2O4S. The third-order valence-corrected chi connectivity index (χ3v) is 4.55. The summed E-state index contributed by atoms with van der Waals surface area (Å²) in [6, 6.07) is 13.2. The number of benzene rings is 2. The lowest BCUT2D eigenvalue weighted by molar-refractivity contribution is -0.116. The highest BCUT2D eigenvalue weighted by atomic mass is 32.2. The van der Waals surface area contributed by atoms with E-state index in [2.05, 4.69) is 10.6 Å². The average Bonchev–Trinajstić information content (AvgIpc) is 2.56. The van der Waals surface area contributed by atoms with Crippen LogP contribution < -0.4 is 15.4 Å². The van der Waals surface area contributed by atoms with Crippen LogP contribution in [0, 0.1) is 0 Å². The lowest BCUT2D eigenvalue weighted by Crippen LogP contribution is -2.15. The number of ether oxygens (including phenoxy) is 1. The molecular weight excluding hydrogens is 340 g/mol. The standard InChI is InChI=1S/C18H22N2O4S/c1-19-12-4-7-18(21)20-14-8-10-15(11-9-14)24-16-5-3-6-17(13-16)25(2,22)23/h3,5-6,8-11,13,19H,4,7,12H2,1-2H3,(H,20,21). The fourth-order valence-corrected chi connectivity index (χ4v) is 2.82. The van der Waals surface area contributed by atoms with Crippen molar-refractivity contribution >= 4 is 21.4 Å². The molecule has 0 aromatic heterocycles. The number of hydrogen-bond donors (Lipinski definition) is 2. The first kappa shape index (κ1) is 19.0. The fraction of sp³-hybridized carbons (Fsp3) is 0.278. The molecule has 0 saturated carbocycles. The smallest absolute Gasteiger partial charge is 0.224 e. The Morgan fingerprint density at radius 3 is 2.44 bits per heavy atom. The zero-order valence-corrected chi connectivity index (χ0v) is 15.1. The van der Waals surface area contributed by atoms with E-state index in [-0.39, 0.29) is 10.8 Å². The maximum atomic E-state index is 11.8. The van der Waals surface area contributed by atoms with Gasteiger partial charge < -0.3 is 15.4 Å². The molecule has 0 fully saturated rings. The Hall–Kier alpha value is -2.38. The molecule has 0 aliphatic heterocycles. The predicted octanol–water partition coefficient (Wildman–Crippen LogP) is 2.82. The number of carbonyl (C=O) groups is 1. The molecule has 0 radical (unpaired) electrons. The van der Waals surface area contributed by atoms with E-state index in [4.69, 9.17) is 4.74 Å². The van der Waals surface area contributed by atoms with E-state index >= 15 is 0 Å². The summed E-state index contributed by atoms with van der Waals surface area (Å²) in [4.78, 5) is 12.0. The summed E-state index contributed by atoms with van der Waals surface area (Å²) in [5, 5.41) is 5.82. The molecule has 7 heteroatoms. The molecule has 0 atom stereocenters. The molecule has 0 spiro atoms. The van der Waals surface area contributed by atoms with Crippen molar-refractivity contribution < 1.29 is 17.9 Å². The van der Waals surface area contributed by atoms with Crippen molar-refractivity contribution in [2.24, 2.45) is 0 Å². The van der Waals surface area contributed by atoms with Crippen molar-refractivity contribution in [3.63, 3.8) is 0 Å². The third kappa shape index (κ3) is 6.21. The van der Waals surface area contributed by atoms with Crippen LogP contribution >= 0.6 is 0 Å². The molecule has 0 bridgehead atoms. The van der Waals surface area contributed by atoms with Gasteiger partial charge in [0.15, 0.2) is 9.84 Å². The molecule has 0 aliphatic carbocycles.